The Labute approximate surface area is 112 Å². The third-order valence-corrected chi connectivity index (χ3v) is 3.11. The van der Waals surface area contributed by atoms with Gasteiger partial charge in [-0.15, -0.1) is 0 Å². The molecule has 0 fully saturated rings. The standard InChI is InChI=1S/C12H15BrF3NO/c1-2-9(5-6-18)17-11-7-8(13)3-4-10(11)12(14,15)16/h3-4,7,9,17-18H,2,5-6H2,1H3. The molecule has 18 heavy (non-hydrogen) atoms. The van der Waals surface area contributed by atoms with E-state index in [-0.39, 0.29) is 18.3 Å². The highest BCUT2D eigenvalue weighted by Crippen LogP contribution is 2.36. The summed E-state index contributed by atoms with van der Waals surface area (Å²) in [4.78, 5) is 0. The van der Waals surface area contributed by atoms with Crippen LogP contribution in [0.2, 0.25) is 0 Å². The van der Waals surface area contributed by atoms with Crippen molar-refractivity contribution in [3.05, 3.63) is 28.2 Å². The monoisotopic (exact) mass is 325 g/mol. The molecule has 0 saturated heterocycles. The second-order valence-corrected chi connectivity index (χ2v) is 4.87. The van der Waals surface area contributed by atoms with Crippen molar-refractivity contribution in [2.24, 2.45) is 0 Å². The van der Waals surface area contributed by atoms with E-state index in [1.807, 2.05) is 6.92 Å². The van der Waals surface area contributed by atoms with Crippen LogP contribution < -0.4 is 5.32 Å². The molecule has 2 nitrogen and oxygen atoms in total. The fraction of sp³-hybridized carbons (Fsp3) is 0.500. The van der Waals surface area contributed by atoms with Gasteiger partial charge < -0.3 is 10.4 Å². The lowest BCUT2D eigenvalue weighted by Crippen LogP contribution is -2.22. The van der Waals surface area contributed by atoms with E-state index < -0.39 is 11.7 Å². The first-order chi connectivity index (χ1) is 8.38. The van der Waals surface area contributed by atoms with Gasteiger partial charge in [0.25, 0.3) is 0 Å². The van der Waals surface area contributed by atoms with E-state index in [1.165, 1.54) is 12.1 Å². The molecule has 0 heterocycles. The van der Waals surface area contributed by atoms with Crippen LogP contribution in [0.4, 0.5) is 18.9 Å². The number of anilines is 1. The van der Waals surface area contributed by atoms with Crippen LogP contribution in [0.15, 0.2) is 22.7 Å². The van der Waals surface area contributed by atoms with Gasteiger partial charge in [-0.3, -0.25) is 0 Å². The molecule has 0 saturated carbocycles. The van der Waals surface area contributed by atoms with Crippen molar-refractivity contribution in [1.82, 2.24) is 0 Å². The molecule has 1 aromatic rings. The Morgan fingerprint density at radius 1 is 1.39 bits per heavy atom. The zero-order chi connectivity index (χ0) is 13.8. The van der Waals surface area contributed by atoms with E-state index in [9.17, 15) is 13.2 Å². The highest BCUT2D eigenvalue weighted by molar-refractivity contribution is 9.10. The molecule has 0 aliphatic heterocycles. The van der Waals surface area contributed by atoms with Gasteiger partial charge in [-0.1, -0.05) is 22.9 Å². The van der Waals surface area contributed by atoms with Gasteiger partial charge in [-0.05, 0) is 31.0 Å². The third-order valence-electron chi connectivity index (χ3n) is 2.62. The quantitative estimate of drug-likeness (QED) is 0.856. The molecule has 1 unspecified atom stereocenters. The lowest BCUT2D eigenvalue weighted by Gasteiger charge is -2.21. The molecule has 102 valence electrons. The minimum absolute atomic E-state index is 0.0391. The van der Waals surface area contributed by atoms with Crippen LogP contribution in [0, 0.1) is 0 Å². The first kappa shape index (κ1) is 15.3. The fourth-order valence-electron chi connectivity index (χ4n) is 1.64. The van der Waals surface area contributed by atoms with Crippen LogP contribution in [-0.2, 0) is 6.18 Å². The number of rotatable bonds is 5. The Kier molecular flexibility index (Phi) is 5.47. The normalized spacial score (nSPS) is 13.4. The van der Waals surface area contributed by atoms with Crippen LogP contribution >= 0.6 is 15.9 Å². The third kappa shape index (κ3) is 4.17. The summed E-state index contributed by atoms with van der Waals surface area (Å²) < 4.78 is 39.0. The number of hydrogen-bond acceptors (Lipinski definition) is 2. The van der Waals surface area contributed by atoms with E-state index >= 15 is 0 Å². The van der Waals surface area contributed by atoms with E-state index in [0.717, 1.165) is 6.07 Å². The van der Waals surface area contributed by atoms with E-state index in [0.29, 0.717) is 17.3 Å². The summed E-state index contributed by atoms with van der Waals surface area (Å²) in [6.45, 7) is 1.80. The lowest BCUT2D eigenvalue weighted by atomic mass is 10.1. The molecule has 0 bridgehead atoms. The number of nitrogens with one attached hydrogen (secondary N) is 1. The van der Waals surface area contributed by atoms with Crippen molar-refractivity contribution in [3.8, 4) is 0 Å². The molecule has 0 amide bonds. The van der Waals surface area contributed by atoms with Gasteiger partial charge >= 0.3 is 6.18 Å². The topological polar surface area (TPSA) is 32.3 Å². The molecule has 6 heteroatoms. The number of alkyl halides is 3. The first-order valence-corrected chi connectivity index (χ1v) is 6.42. The number of hydrogen-bond donors (Lipinski definition) is 2. The lowest BCUT2D eigenvalue weighted by molar-refractivity contribution is -0.137. The summed E-state index contributed by atoms with van der Waals surface area (Å²) >= 11 is 3.16. The van der Waals surface area contributed by atoms with Gasteiger partial charge in [-0.2, -0.15) is 13.2 Å². The smallest absolute Gasteiger partial charge is 0.396 e. The van der Waals surface area contributed by atoms with Crippen molar-refractivity contribution in [2.75, 3.05) is 11.9 Å². The van der Waals surface area contributed by atoms with Crippen LogP contribution in [0.3, 0.4) is 0 Å². The Hall–Kier alpha value is -0.750. The molecule has 0 radical (unpaired) electrons. The molecule has 0 aromatic heterocycles. The van der Waals surface area contributed by atoms with Crippen molar-refractivity contribution in [2.45, 2.75) is 32.0 Å². The summed E-state index contributed by atoms with van der Waals surface area (Å²) in [5.41, 5.74) is -0.653. The van der Waals surface area contributed by atoms with Crippen molar-refractivity contribution < 1.29 is 18.3 Å². The summed E-state index contributed by atoms with van der Waals surface area (Å²) in [5, 5.41) is 11.7. The van der Waals surface area contributed by atoms with E-state index in [4.69, 9.17) is 5.11 Å². The molecule has 0 spiro atoms. The van der Waals surface area contributed by atoms with E-state index in [1.54, 1.807) is 0 Å². The van der Waals surface area contributed by atoms with Crippen LogP contribution in [0.25, 0.3) is 0 Å². The number of aliphatic hydroxyl groups is 1. The van der Waals surface area contributed by atoms with Crippen LogP contribution in [0.1, 0.15) is 25.3 Å². The Morgan fingerprint density at radius 3 is 2.56 bits per heavy atom. The SMILES string of the molecule is CCC(CCO)Nc1cc(Br)ccc1C(F)(F)F. The molecule has 0 aliphatic carbocycles. The largest absolute Gasteiger partial charge is 0.418 e. The van der Waals surface area contributed by atoms with Gasteiger partial charge in [-0.25, -0.2) is 0 Å². The van der Waals surface area contributed by atoms with Gasteiger partial charge in [0.05, 0.1) is 5.56 Å². The second kappa shape index (κ2) is 6.43. The summed E-state index contributed by atoms with van der Waals surface area (Å²) in [6, 6.07) is 3.63. The number of halogens is 4. The molecular weight excluding hydrogens is 311 g/mol. The van der Waals surface area contributed by atoms with Crippen LogP contribution in [0.5, 0.6) is 0 Å². The Balaban J connectivity index is 3.02. The minimum Gasteiger partial charge on any atom is -0.396 e. The predicted molar refractivity (Wildman–Crippen MR) is 68.5 cm³/mol. The Morgan fingerprint density at radius 2 is 2.06 bits per heavy atom. The second-order valence-electron chi connectivity index (χ2n) is 3.95. The van der Waals surface area contributed by atoms with E-state index in [2.05, 4.69) is 21.2 Å². The van der Waals surface area contributed by atoms with Gasteiger partial charge in [0.15, 0.2) is 0 Å². The summed E-state index contributed by atoms with van der Waals surface area (Å²) in [5.74, 6) is 0. The van der Waals surface area contributed by atoms with Crippen molar-refractivity contribution >= 4 is 21.6 Å². The fourth-order valence-corrected chi connectivity index (χ4v) is 2.00. The maximum absolute atomic E-state index is 12.8. The zero-order valence-corrected chi connectivity index (χ0v) is 11.5. The van der Waals surface area contributed by atoms with Gasteiger partial charge in [0, 0.05) is 22.8 Å². The average molecular weight is 326 g/mol. The molecular formula is C12H15BrF3NO. The highest BCUT2D eigenvalue weighted by atomic mass is 79.9. The summed E-state index contributed by atoms with van der Waals surface area (Å²) in [6.07, 6.45) is -3.33. The molecule has 2 N–H and O–H groups in total. The maximum Gasteiger partial charge on any atom is 0.418 e. The number of benzene rings is 1. The van der Waals surface area contributed by atoms with Gasteiger partial charge in [0.1, 0.15) is 0 Å². The average Bonchev–Trinajstić information content (AvgIpc) is 2.26. The van der Waals surface area contributed by atoms with Crippen molar-refractivity contribution in [3.63, 3.8) is 0 Å². The number of aliphatic hydroxyl groups excluding tert-OH is 1. The molecule has 1 rings (SSSR count). The molecule has 1 atom stereocenters. The maximum atomic E-state index is 12.8. The summed E-state index contributed by atoms with van der Waals surface area (Å²) in [7, 11) is 0. The first-order valence-electron chi connectivity index (χ1n) is 5.62. The zero-order valence-electron chi connectivity index (χ0n) is 9.89. The van der Waals surface area contributed by atoms with Crippen molar-refractivity contribution in [1.29, 1.82) is 0 Å². The highest BCUT2D eigenvalue weighted by Gasteiger charge is 2.33. The molecule has 1 aromatic carbocycles. The Bertz CT molecular complexity index is 395. The van der Waals surface area contributed by atoms with Crippen LogP contribution in [-0.4, -0.2) is 17.8 Å². The van der Waals surface area contributed by atoms with Gasteiger partial charge in [0.2, 0.25) is 0 Å². The minimum atomic E-state index is -4.39. The predicted octanol–water partition coefficient (Wildman–Crippen LogP) is 4.04. The molecule has 0 aliphatic rings.